The van der Waals surface area contributed by atoms with Crippen LogP contribution in [0.1, 0.15) is 16.7 Å². The number of nitrogens with zero attached hydrogens (tertiary/aromatic N) is 1. The molecule has 4 nitrogen and oxygen atoms in total. The molecule has 0 aliphatic carbocycles. The van der Waals surface area contributed by atoms with E-state index >= 15 is 0 Å². The maximum Gasteiger partial charge on any atom is 0.193 e. The van der Waals surface area contributed by atoms with Crippen molar-refractivity contribution in [1.29, 1.82) is 0 Å². The fraction of sp³-hybridized carbons (Fsp3) is 0.235. The molecule has 0 amide bonds. The van der Waals surface area contributed by atoms with Crippen LogP contribution in [0.5, 0.6) is 5.75 Å². The third kappa shape index (κ3) is 4.22. The van der Waals surface area contributed by atoms with Gasteiger partial charge in [-0.3, -0.25) is 0 Å². The molecule has 0 unspecified atom stereocenters. The minimum Gasteiger partial charge on any atom is -0.497 e. The molecular weight excluding hydrogens is 281 g/mol. The Labute approximate surface area is 129 Å². The highest BCUT2D eigenvalue weighted by molar-refractivity contribution is 5.92. The highest BCUT2D eigenvalue weighted by Gasteiger charge is 2.02. The van der Waals surface area contributed by atoms with Crippen LogP contribution in [0.2, 0.25) is 0 Å². The number of halogens is 1. The van der Waals surface area contributed by atoms with Crippen molar-refractivity contribution < 1.29 is 9.13 Å². The average molecular weight is 301 g/mol. The molecule has 0 bridgehead atoms. The number of nitrogens with two attached hydrogens (primary N) is 1. The summed E-state index contributed by atoms with van der Waals surface area (Å²) in [5, 5.41) is 3.03. The first-order valence-electron chi connectivity index (χ1n) is 6.95. The van der Waals surface area contributed by atoms with E-state index in [4.69, 9.17) is 10.5 Å². The maximum absolute atomic E-state index is 13.4. The largest absolute Gasteiger partial charge is 0.497 e. The Bertz CT molecular complexity index is 698. The number of hydrogen-bond acceptors (Lipinski definition) is 2. The van der Waals surface area contributed by atoms with E-state index in [0.717, 1.165) is 5.69 Å². The molecule has 0 aliphatic heterocycles. The van der Waals surface area contributed by atoms with Gasteiger partial charge in [0, 0.05) is 11.8 Å². The molecule has 0 saturated carbocycles. The lowest BCUT2D eigenvalue weighted by Crippen LogP contribution is -2.22. The summed E-state index contributed by atoms with van der Waals surface area (Å²) in [6.07, 6.45) is 0. The minimum absolute atomic E-state index is 0.276. The van der Waals surface area contributed by atoms with E-state index in [2.05, 4.69) is 10.3 Å². The number of anilines is 1. The van der Waals surface area contributed by atoms with Crippen molar-refractivity contribution >= 4 is 11.6 Å². The van der Waals surface area contributed by atoms with Crippen LogP contribution < -0.4 is 15.8 Å². The second-order valence-electron chi connectivity index (χ2n) is 5.12. The fourth-order valence-electron chi connectivity index (χ4n) is 2.01. The molecular formula is C17H20FN3O. The number of rotatable bonds is 4. The van der Waals surface area contributed by atoms with Gasteiger partial charge in [0.05, 0.1) is 13.7 Å². The number of benzene rings is 2. The van der Waals surface area contributed by atoms with Crippen LogP contribution in [0.25, 0.3) is 0 Å². The van der Waals surface area contributed by atoms with Crippen molar-refractivity contribution in [2.45, 2.75) is 20.4 Å². The van der Waals surface area contributed by atoms with Gasteiger partial charge in [-0.25, -0.2) is 9.38 Å². The second kappa shape index (κ2) is 6.93. The fourth-order valence-corrected chi connectivity index (χ4v) is 2.01. The van der Waals surface area contributed by atoms with Gasteiger partial charge >= 0.3 is 0 Å². The van der Waals surface area contributed by atoms with Crippen LogP contribution in [0, 0.1) is 19.7 Å². The molecule has 2 aromatic carbocycles. The Balaban J connectivity index is 2.06. The van der Waals surface area contributed by atoms with Crippen LogP contribution in [0.15, 0.2) is 41.4 Å². The monoisotopic (exact) mass is 301 g/mol. The third-order valence-corrected chi connectivity index (χ3v) is 3.38. The molecule has 5 heteroatoms. The molecule has 2 rings (SSSR count). The van der Waals surface area contributed by atoms with E-state index in [0.29, 0.717) is 11.3 Å². The van der Waals surface area contributed by atoms with E-state index in [1.807, 2.05) is 32.0 Å². The van der Waals surface area contributed by atoms with Crippen molar-refractivity contribution in [1.82, 2.24) is 0 Å². The van der Waals surface area contributed by atoms with Gasteiger partial charge in [0.1, 0.15) is 11.6 Å². The lowest BCUT2D eigenvalue weighted by atomic mass is 10.1. The molecule has 116 valence electrons. The van der Waals surface area contributed by atoms with Gasteiger partial charge in [-0.2, -0.15) is 0 Å². The zero-order valence-electron chi connectivity index (χ0n) is 13.0. The van der Waals surface area contributed by atoms with Crippen molar-refractivity contribution in [3.05, 3.63) is 58.9 Å². The lowest BCUT2D eigenvalue weighted by Gasteiger charge is -2.08. The molecule has 0 fully saturated rings. The van der Waals surface area contributed by atoms with E-state index < -0.39 is 0 Å². The predicted molar refractivity (Wildman–Crippen MR) is 87.8 cm³/mol. The van der Waals surface area contributed by atoms with Crippen LogP contribution in [0.4, 0.5) is 10.1 Å². The summed E-state index contributed by atoms with van der Waals surface area (Å²) in [5.41, 5.74) is 9.83. The molecule has 0 aliphatic rings. The minimum atomic E-state index is -0.356. The molecule has 0 heterocycles. The maximum atomic E-state index is 13.4. The van der Waals surface area contributed by atoms with E-state index in [1.54, 1.807) is 6.07 Å². The average Bonchev–Trinajstić information content (AvgIpc) is 2.48. The lowest BCUT2D eigenvalue weighted by molar-refractivity contribution is 0.410. The highest BCUT2D eigenvalue weighted by Crippen LogP contribution is 2.17. The number of ether oxygens (including phenoxy) is 1. The molecule has 0 aromatic heterocycles. The van der Waals surface area contributed by atoms with Gasteiger partial charge in [-0.05, 0) is 54.8 Å². The van der Waals surface area contributed by atoms with Crippen molar-refractivity contribution in [3.63, 3.8) is 0 Å². The van der Waals surface area contributed by atoms with E-state index in [1.165, 1.54) is 30.4 Å². The molecule has 0 spiro atoms. The standard InChI is InChI=1S/C17H20FN3O/c1-11-4-5-15(6-12(11)2)21-17(19)20-10-13-7-14(18)9-16(8-13)22-3/h4-9H,10H2,1-3H3,(H3,19,20,21). The summed E-state index contributed by atoms with van der Waals surface area (Å²) in [4.78, 5) is 4.22. The number of nitrogens with one attached hydrogen (secondary N) is 1. The predicted octanol–water partition coefficient (Wildman–Crippen LogP) is 3.38. The molecule has 0 saturated heterocycles. The molecule has 0 radical (unpaired) electrons. The smallest absolute Gasteiger partial charge is 0.193 e. The summed E-state index contributed by atoms with van der Waals surface area (Å²) in [7, 11) is 1.50. The molecule has 3 N–H and O–H groups in total. The summed E-state index contributed by atoms with van der Waals surface area (Å²) in [6.45, 7) is 4.36. The topological polar surface area (TPSA) is 59.6 Å². The number of aryl methyl sites for hydroxylation is 2. The van der Waals surface area contributed by atoms with Crippen molar-refractivity contribution in [2.75, 3.05) is 12.4 Å². The normalized spacial score (nSPS) is 11.4. The number of aliphatic imine (C=N–C) groups is 1. The van der Waals surface area contributed by atoms with Gasteiger partial charge in [0.25, 0.3) is 0 Å². The molecule has 2 aromatic rings. The van der Waals surface area contributed by atoms with Crippen LogP contribution in [0.3, 0.4) is 0 Å². The first-order valence-corrected chi connectivity index (χ1v) is 6.95. The van der Waals surface area contributed by atoms with Gasteiger partial charge < -0.3 is 15.8 Å². The third-order valence-electron chi connectivity index (χ3n) is 3.38. The first-order chi connectivity index (χ1) is 10.5. The Kier molecular flexibility index (Phi) is 4.99. The number of methoxy groups -OCH3 is 1. The summed E-state index contributed by atoms with van der Waals surface area (Å²) in [5.74, 6) is 0.391. The van der Waals surface area contributed by atoms with Crippen LogP contribution in [-0.2, 0) is 6.54 Å². The Hall–Kier alpha value is -2.56. The first kappa shape index (κ1) is 15.8. The van der Waals surface area contributed by atoms with Crippen LogP contribution in [-0.4, -0.2) is 13.1 Å². The van der Waals surface area contributed by atoms with Crippen LogP contribution >= 0.6 is 0 Å². The molecule has 0 atom stereocenters. The van der Waals surface area contributed by atoms with E-state index in [-0.39, 0.29) is 18.3 Å². The summed E-state index contributed by atoms with van der Waals surface area (Å²) < 4.78 is 18.4. The quantitative estimate of drug-likeness (QED) is 0.672. The van der Waals surface area contributed by atoms with Crippen molar-refractivity contribution in [3.8, 4) is 5.75 Å². The summed E-state index contributed by atoms with van der Waals surface area (Å²) >= 11 is 0. The van der Waals surface area contributed by atoms with Gasteiger partial charge in [0.2, 0.25) is 0 Å². The zero-order chi connectivity index (χ0) is 16.1. The van der Waals surface area contributed by atoms with Gasteiger partial charge in [-0.1, -0.05) is 6.07 Å². The Morgan fingerprint density at radius 1 is 1.18 bits per heavy atom. The Morgan fingerprint density at radius 3 is 2.64 bits per heavy atom. The second-order valence-corrected chi connectivity index (χ2v) is 5.12. The highest BCUT2D eigenvalue weighted by atomic mass is 19.1. The van der Waals surface area contributed by atoms with Crippen molar-refractivity contribution in [2.24, 2.45) is 10.7 Å². The number of hydrogen-bond donors (Lipinski definition) is 2. The Morgan fingerprint density at radius 2 is 1.95 bits per heavy atom. The zero-order valence-corrected chi connectivity index (χ0v) is 13.0. The van der Waals surface area contributed by atoms with E-state index in [9.17, 15) is 4.39 Å². The number of guanidine groups is 1. The van der Waals surface area contributed by atoms with Gasteiger partial charge in [0.15, 0.2) is 5.96 Å². The summed E-state index contributed by atoms with van der Waals surface area (Å²) in [6, 6.07) is 10.4. The van der Waals surface area contributed by atoms with Gasteiger partial charge in [-0.15, -0.1) is 0 Å². The molecule has 22 heavy (non-hydrogen) atoms. The SMILES string of the molecule is COc1cc(F)cc(CN=C(N)Nc2ccc(C)c(C)c2)c1.